The van der Waals surface area contributed by atoms with Crippen molar-refractivity contribution >= 4 is 17.1 Å². The van der Waals surface area contributed by atoms with Gasteiger partial charge in [0.25, 0.3) is 5.56 Å². The summed E-state index contributed by atoms with van der Waals surface area (Å²) in [5, 5.41) is 0. The fraction of sp³-hybridized carbons (Fsp3) is 0.650. The Hall–Kier alpha value is -2.39. The predicted octanol–water partition coefficient (Wildman–Crippen LogP) is 0.484. The fourth-order valence-corrected chi connectivity index (χ4v) is 3.80. The number of nitrogens with zero attached hydrogens (tertiary/aromatic N) is 5. The number of nitrogens with two attached hydrogens (primary N) is 2. The number of piperidine rings is 1. The van der Waals surface area contributed by atoms with E-state index < -0.39 is 11.2 Å². The van der Waals surface area contributed by atoms with Gasteiger partial charge >= 0.3 is 5.69 Å². The van der Waals surface area contributed by atoms with Gasteiger partial charge in [-0.25, -0.2) is 4.79 Å². The first-order valence-electron chi connectivity index (χ1n) is 10.1. The Morgan fingerprint density at radius 3 is 2.59 bits per heavy atom. The van der Waals surface area contributed by atoms with Crippen molar-refractivity contribution in [2.75, 3.05) is 24.5 Å². The number of rotatable bonds is 5. The van der Waals surface area contributed by atoms with E-state index in [2.05, 4.69) is 11.0 Å². The van der Waals surface area contributed by atoms with E-state index in [1.165, 1.54) is 7.05 Å². The summed E-state index contributed by atoms with van der Waals surface area (Å²) in [6.45, 7) is 10.0. The number of aromatic nitrogens is 4. The monoisotopic (exact) mass is 403 g/mol. The number of allylic oxidation sites excluding steroid dienone is 2. The third-order valence-corrected chi connectivity index (χ3v) is 5.65. The van der Waals surface area contributed by atoms with Gasteiger partial charge in [0.2, 0.25) is 5.95 Å². The molecular formula is C20H33N7O2. The van der Waals surface area contributed by atoms with E-state index in [1.54, 1.807) is 4.57 Å². The van der Waals surface area contributed by atoms with Gasteiger partial charge in [-0.3, -0.25) is 13.9 Å². The molecule has 3 rings (SSSR count). The maximum atomic E-state index is 13.1. The van der Waals surface area contributed by atoms with Crippen LogP contribution in [-0.4, -0.2) is 44.4 Å². The largest absolute Gasteiger partial charge is 0.341 e. The molecule has 1 aliphatic rings. The average molecular weight is 404 g/mol. The van der Waals surface area contributed by atoms with Crippen molar-refractivity contribution in [1.29, 1.82) is 0 Å². The van der Waals surface area contributed by atoms with E-state index in [0.717, 1.165) is 29.5 Å². The highest BCUT2D eigenvalue weighted by Gasteiger charge is 2.30. The molecule has 9 nitrogen and oxygen atoms in total. The van der Waals surface area contributed by atoms with Gasteiger partial charge in [-0.2, -0.15) is 4.98 Å². The summed E-state index contributed by atoms with van der Waals surface area (Å²) >= 11 is 0. The third-order valence-electron chi connectivity index (χ3n) is 5.65. The Morgan fingerprint density at radius 2 is 2.00 bits per heavy atom. The minimum absolute atomic E-state index is 0.0611. The molecule has 0 saturated carbocycles. The van der Waals surface area contributed by atoms with Crippen LogP contribution < -0.4 is 27.6 Å². The summed E-state index contributed by atoms with van der Waals surface area (Å²) in [7, 11) is 1.50. The highest BCUT2D eigenvalue weighted by molar-refractivity contribution is 5.75. The van der Waals surface area contributed by atoms with Crippen molar-refractivity contribution in [3.8, 4) is 0 Å². The molecule has 0 radical (unpaired) electrons. The molecule has 1 atom stereocenters. The fourth-order valence-electron chi connectivity index (χ4n) is 3.80. The van der Waals surface area contributed by atoms with E-state index in [1.807, 2.05) is 32.3 Å². The van der Waals surface area contributed by atoms with Crippen molar-refractivity contribution in [1.82, 2.24) is 18.7 Å². The maximum Gasteiger partial charge on any atom is 0.333 e. The molecule has 9 heteroatoms. The molecule has 160 valence electrons. The first kappa shape index (κ1) is 21.3. The lowest BCUT2D eigenvalue weighted by Gasteiger charge is -2.31. The molecule has 0 amide bonds. The van der Waals surface area contributed by atoms with Crippen LogP contribution in [0.5, 0.6) is 0 Å². The minimum Gasteiger partial charge on any atom is -0.341 e. The predicted molar refractivity (Wildman–Crippen MR) is 116 cm³/mol. The molecule has 1 aliphatic heterocycles. The Balaban J connectivity index is 2.39. The van der Waals surface area contributed by atoms with Crippen molar-refractivity contribution in [2.45, 2.75) is 58.7 Å². The van der Waals surface area contributed by atoms with E-state index in [9.17, 15) is 9.59 Å². The normalized spacial score (nSPS) is 17.8. The van der Waals surface area contributed by atoms with Crippen LogP contribution in [0, 0.1) is 0 Å². The second-order valence-corrected chi connectivity index (χ2v) is 8.82. The summed E-state index contributed by atoms with van der Waals surface area (Å²) in [5.41, 5.74) is 12.7. The van der Waals surface area contributed by atoms with Crippen molar-refractivity contribution < 1.29 is 0 Å². The Kier molecular flexibility index (Phi) is 5.73. The van der Waals surface area contributed by atoms with Gasteiger partial charge in [0.1, 0.15) is 0 Å². The molecule has 0 aromatic carbocycles. The molecular weight excluding hydrogens is 370 g/mol. The number of fused-ring (bicyclic) bond motifs is 1. The average Bonchev–Trinajstić information content (AvgIpc) is 3.03. The Morgan fingerprint density at radius 1 is 1.31 bits per heavy atom. The molecule has 4 N–H and O–H groups in total. The van der Waals surface area contributed by atoms with Crippen LogP contribution in [0.4, 0.5) is 5.95 Å². The standard InChI is InChI=1S/C20H33N7O2/c1-13(2)8-10-26-15-16(23-18(26)25-9-6-7-14(22)11-25)27(20(3,4)12-21)19(29)24(5)17(15)28/h8,14H,6-7,9-12,21-22H2,1-5H3. The minimum atomic E-state index is -0.688. The van der Waals surface area contributed by atoms with Crippen molar-refractivity contribution in [2.24, 2.45) is 18.5 Å². The van der Waals surface area contributed by atoms with Gasteiger partial charge in [-0.05, 0) is 40.5 Å². The summed E-state index contributed by atoms with van der Waals surface area (Å²) in [4.78, 5) is 33.1. The first-order valence-corrected chi connectivity index (χ1v) is 10.1. The number of imidazole rings is 1. The molecule has 2 aromatic rings. The van der Waals surface area contributed by atoms with Crippen LogP contribution in [0.2, 0.25) is 0 Å². The summed E-state index contributed by atoms with van der Waals surface area (Å²) in [6, 6.07) is 0.0611. The van der Waals surface area contributed by atoms with E-state index in [-0.39, 0.29) is 18.1 Å². The van der Waals surface area contributed by atoms with E-state index in [4.69, 9.17) is 16.5 Å². The van der Waals surface area contributed by atoms with Gasteiger partial charge in [0, 0.05) is 39.3 Å². The number of hydrogen-bond acceptors (Lipinski definition) is 6. The molecule has 1 fully saturated rings. The molecule has 1 saturated heterocycles. The molecule has 1 unspecified atom stereocenters. The second kappa shape index (κ2) is 7.79. The lowest BCUT2D eigenvalue weighted by Crippen LogP contribution is -2.48. The molecule has 29 heavy (non-hydrogen) atoms. The summed E-state index contributed by atoms with van der Waals surface area (Å²) in [6.07, 6.45) is 3.99. The van der Waals surface area contributed by atoms with Crippen LogP contribution in [0.1, 0.15) is 40.5 Å². The van der Waals surface area contributed by atoms with Crippen molar-refractivity contribution in [3.05, 3.63) is 32.5 Å². The Bertz CT molecular complexity index is 1050. The molecule has 0 aliphatic carbocycles. The Labute approximate surface area is 170 Å². The first-order chi connectivity index (χ1) is 13.6. The zero-order chi connectivity index (χ0) is 21.5. The van der Waals surface area contributed by atoms with Gasteiger partial charge in [-0.1, -0.05) is 11.6 Å². The maximum absolute atomic E-state index is 13.1. The quantitative estimate of drug-likeness (QED) is 0.702. The molecule has 0 spiro atoms. The zero-order valence-electron chi connectivity index (χ0n) is 18.1. The number of anilines is 1. The van der Waals surface area contributed by atoms with Crippen LogP contribution in [-0.2, 0) is 19.1 Å². The van der Waals surface area contributed by atoms with Gasteiger partial charge in [0.15, 0.2) is 11.2 Å². The van der Waals surface area contributed by atoms with Gasteiger partial charge in [0.05, 0.1) is 5.54 Å². The SMILES string of the molecule is CC(C)=CCn1c(N2CCCC(N)C2)nc2c1c(=O)n(C)c(=O)n2C(C)(C)CN. The zero-order valence-corrected chi connectivity index (χ0v) is 18.1. The van der Waals surface area contributed by atoms with Crippen LogP contribution in [0.15, 0.2) is 21.2 Å². The van der Waals surface area contributed by atoms with Crippen LogP contribution in [0.25, 0.3) is 11.2 Å². The van der Waals surface area contributed by atoms with Crippen molar-refractivity contribution in [3.63, 3.8) is 0 Å². The molecule has 3 heterocycles. The smallest absolute Gasteiger partial charge is 0.333 e. The van der Waals surface area contributed by atoms with Crippen LogP contribution in [0.3, 0.4) is 0 Å². The second-order valence-electron chi connectivity index (χ2n) is 8.82. The summed E-state index contributed by atoms with van der Waals surface area (Å²) in [5.74, 6) is 0.678. The summed E-state index contributed by atoms with van der Waals surface area (Å²) < 4.78 is 4.60. The third kappa shape index (κ3) is 3.76. The van der Waals surface area contributed by atoms with E-state index in [0.29, 0.717) is 30.2 Å². The van der Waals surface area contributed by atoms with Gasteiger partial charge < -0.3 is 20.9 Å². The highest BCUT2D eigenvalue weighted by Crippen LogP contribution is 2.25. The highest BCUT2D eigenvalue weighted by atomic mass is 16.2. The molecule has 2 aromatic heterocycles. The van der Waals surface area contributed by atoms with E-state index >= 15 is 0 Å². The van der Waals surface area contributed by atoms with Crippen LogP contribution >= 0.6 is 0 Å². The lowest BCUT2D eigenvalue weighted by molar-refractivity contribution is 0.353. The lowest BCUT2D eigenvalue weighted by atomic mass is 10.1. The van der Waals surface area contributed by atoms with Gasteiger partial charge in [-0.15, -0.1) is 0 Å². The number of hydrogen-bond donors (Lipinski definition) is 2. The molecule has 0 bridgehead atoms. The topological polar surface area (TPSA) is 117 Å².